The third-order valence-corrected chi connectivity index (χ3v) is 7.05. The van der Waals surface area contributed by atoms with Gasteiger partial charge in [-0.3, -0.25) is 0 Å². The van der Waals surface area contributed by atoms with Crippen molar-refractivity contribution in [3.63, 3.8) is 0 Å². The summed E-state index contributed by atoms with van der Waals surface area (Å²) in [5.74, 6) is 0.531. The van der Waals surface area contributed by atoms with Gasteiger partial charge in [0.1, 0.15) is 34.2 Å². The topological polar surface area (TPSA) is 93.2 Å². The molecule has 0 atom stereocenters. The fourth-order valence-electron chi connectivity index (χ4n) is 4.27. The number of nitrogen functional groups attached to an aromatic ring is 1. The SMILES string of the molecule is CCOC(=O)c1c(-c2ccc(Oc3ccc(F)cc3)cc2)oc2cc(N)c(B3OC(C)(C)C(C)(C)O3)cc12. The first-order valence-electron chi connectivity index (χ1n) is 12.4. The molecule has 0 aliphatic carbocycles. The molecule has 0 spiro atoms. The lowest BCUT2D eigenvalue weighted by Gasteiger charge is -2.32. The van der Waals surface area contributed by atoms with E-state index in [-0.39, 0.29) is 18.0 Å². The van der Waals surface area contributed by atoms with Crippen molar-refractivity contribution < 1.29 is 32.4 Å². The number of carbonyl (C=O) groups excluding carboxylic acids is 1. The molecule has 0 amide bonds. The van der Waals surface area contributed by atoms with Crippen molar-refractivity contribution in [2.24, 2.45) is 0 Å². The molecular weight excluding hydrogens is 488 g/mol. The van der Waals surface area contributed by atoms with E-state index in [0.29, 0.717) is 44.9 Å². The second kappa shape index (κ2) is 9.49. The van der Waals surface area contributed by atoms with Gasteiger partial charge in [0.05, 0.1) is 17.8 Å². The minimum absolute atomic E-state index is 0.203. The summed E-state index contributed by atoms with van der Waals surface area (Å²) in [6, 6.07) is 16.2. The maximum absolute atomic E-state index is 13.2. The number of benzene rings is 3. The highest BCUT2D eigenvalue weighted by Crippen LogP contribution is 2.39. The lowest BCUT2D eigenvalue weighted by atomic mass is 9.77. The van der Waals surface area contributed by atoms with Gasteiger partial charge in [-0.15, -0.1) is 0 Å². The molecule has 0 bridgehead atoms. The summed E-state index contributed by atoms with van der Waals surface area (Å²) >= 11 is 0. The number of ether oxygens (including phenoxy) is 2. The van der Waals surface area contributed by atoms with Gasteiger partial charge in [0.25, 0.3) is 0 Å². The van der Waals surface area contributed by atoms with Crippen LogP contribution in [-0.2, 0) is 14.0 Å². The number of halogens is 1. The van der Waals surface area contributed by atoms with Gasteiger partial charge in [-0.1, -0.05) is 0 Å². The first-order chi connectivity index (χ1) is 18.0. The van der Waals surface area contributed by atoms with E-state index < -0.39 is 24.3 Å². The Bertz CT molecular complexity index is 1480. The summed E-state index contributed by atoms with van der Waals surface area (Å²) in [5.41, 5.74) is 7.70. The van der Waals surface area contributed by atoms with Crippen molar-refractivity contribution in [3.05, 3.63) is 72.0 Å². The largest absolute Gasteiger partial charge is 0.496 e. The summed E-state index contributed by atoms with van der Waals surface area (Å²) < 4.78 is 42.9. The second-order valence-electron chi connectivity index (χ2n) is 10.2. The van der Waals surface area contributed by atoms with Gasteiger partial charge < -0.3 is 28.9 Å². The molecule has 3 aromatic carbocycles. The van der Waals surface area contributed by atoms with Crippen molar-refractivity contribution in [1.82, 2.24) is 0 Å². The van der Waals surface area contributed by atoms with Gasteiger partial charge >= 0.3 is 13.1 Å². The smallest absolute Gasteiger partial charge is 0.462 e. The minimum Gasteiger partial charge on any atom is -0.462 e. The molecule has 196 valence electrons. The van der Waals surface area contributed by atoms with Crippen LogP contribution in [-0.4, -0.2) is 30.9 Å². The van der Waals surface area contributed by atoms with Crippen LogP contribution >= 0.6 is 0 Å². The summed E-state index contributed by atoms with van der Waals surface area (Å²) in [6.07, 6.45) is 0. The number of carbonyl (C=O) groups is 1. The van der Waals surface area contributed by atoms with E-state index in [1.807, 2.05) is 27.7 Å². The summed E-state index contributed by atoms with van der Waals surface area (Å²) in [4.78, 5) is 13.1. The van der Waals surface area contributed by atoms with Crippen LogP contribution in [0.25, 0.3) is 22.3 Å². The van der Waals surface area contributed by atoms with Crippen molar-refractivity contribution >= 4 is 35.2 Å². The van der Waals surface area contributed by atoms with Crippen molar-refractivity contribution in [2.75, 3.05) is 12.3 Å². The monoisotopic (exact) mass is 517 g/mol. The van der Waals surface area contributed by atoms with E-state index in [0.717, 1.165) is 0 Å². The Balaban J connectivity index is 1.55. The number of rotatable bonds is 6. The predicted molar refractivity (Wildman–Crippen MR) is 144 cm³/mol. The number of anilines is 1. The minimum atomic E-state index is -0.708. The maximum atomic E-state index is 13.2. The molecular formula is C29H29BFNO6. The first kappa shape index (κ1) is 25.8. The van der Waals surface area contributed by atoms with Crippen molar-refractivity contribution in [1.29, 1.82) is 0 Å². The molecule has 1 aliphatic rings. The van der Waals surface area contributed by atoms with Gasteiger partial charge in [-0.25, -0.2) is 9.18 Å². The van der Waals surface area contributed by atoms with Crippen LogP contribution in [0, 0.1) is 5.82 Å². The van der Waals surface area contributed by atoms with Crippen LogP contribution in [0.1, 0.15) is 45.0 Å². The standard InChI is InChI=1S/C29H29BFNO6/c1-6-34-27(33)25-21-15-22(30-37-28(2,3)29(4,5)38-30)23(32)16-24(21)36-26(25)17-7-11-19(12-8-17)35-20-13-9-18(31)10-14-20/h7-16H,6,32H2,1-5H3. The predicted octanol–water partition coefficient (Wildman–Crippen LogP) is 6.09. The van der Waals surface area contributed by atoms with E-state index in [1.54, 1.807) is 55.5 Å². The van der Waals surface area contributed by atoms with E-state index in [9.17, 15) is 9.18 Å². The van der Waals surface area contributed by atoms with E-state index in [1.165, 1.54) is 12.1 Å². The van der Waals surface area contributed by atoms with E-state index in [4.69, 9.17) is 28.9 Å². The molecule has 2 heterocycles. The van der Waals surface area contributed by atoms with E-state index in [2.05, 4.69) is 0 Å². The number of hydrogen-bond donors (Lipinski definition) is 1. The number of nitrogens with two attached hydrogens (primary N) is 1. The Hall–Kier alpha value is -3.82. The summed E-state index contributed by atoms with van der Waals surface area (Å²) in [7, 11) is -0.708. The fourth-order valence-corrected chi connectivity index (χ4v) is 4.27. The van der Waals surface area contributed by atoms with Crippen molar-refractivity contribution in [2.45, 2.75) is 45.8 Å². The van der Waals surface area contributed by atoms with Gasteiger partial charge in [0.2, 0.25) is 0 Å². The summed E-state index contributed by atoms with van der Waals surface area (Å²) in [6.45, 7) is 9.80. The zero-order valence-electron chi connectivity index (χ0n) is 22.0. The Morgan fingerprint density at radius 1 is 0.947 bits per heavy atom. The zero-order chi connectivity index (χ0) is 27.2. The molecule has 1 aliphatic heterocycles. The number of hydrogen-bond acceptors (Lipinski definition) is 7. The van der Waals surface area contributed by atoms with Gasteiger partial charge in [-0.2, -0.15) is 0 Å². The number of furan rings is 1. The second-order valence-corrected chi connectivity index (χ2v) is 10.2. The molecule has 38 heavy (non-hydrogen) atoms. The van der Waals surface area contributed by atoms with Gasteiger partial charge in [0.15, 0.2) is 0 Å². The normalized spacial score (nSPS) is 16.1. The lowest BCUT2D eigenvalue weighted by Crippen LogP contribution is -2.41. The molecule has 1 fully saturated rings. The van der Waals surface area contributed by atoms with E-state index >= 15 is 0 Å². The van der Waals surface area contributed by atoms with Crippen LogP contribution in [0.2, 0.25) is 0 Å². The Morgan fingerprint density at radius 3 is 2.11 bits per heavy atom. The highest BCUT2D eigenvalue weighted by Gasteiger charge is 2.52. The molecule has 9 heteroatoms. The molecule has 4 aromatic rings. The van der Waals surface area contributed by atoms with Crippen molar-refractivity contribution in [3.8, 4) is 22.8 Å². The van der Waals surface area contributed by atoms with Crippen LogP contribution in [0.4, 0.5) is 10.1 Å². The number of esters is 1. The molecule has 0 radical (unpaired) electrons. The molecule has 1 saturated heterocycles. The third-order valence-electron chi connectivity index (χ3n) is 7.05. The summed E-state index contributed by atoms with van der Waals surface area (Å²) in [5, 5.41) is 0.545. The Kier molecular flexibility index (Phi) is 6.45. The van der Waals surface area contributed by atoms with Crippen LogP contribution in [0.15, 0.2) is 65.1 Å². The molecule has 1 aromatic heterocycles. The van der Waals surface area contributed by atoms with Gasteiger partial charge in [0, 0.05) is 28.2 Å². The molecule has 7 nitrogen and oxygen atoms in total. The molecule has 0 saturated carbocycles. The number of fused-ring (bicyclic) bond motifs is 1. The van der Waals surface area contributed by atoms with Crippen LogP contribution < -0.4 is 15.9 Å². The highest BCUT2D eigenvalue weighted by atomic mass is 19.1. The average Bonchev–Trinajstić information content (AvgIpc) is 3.33. The average molecular weight is 517 g/mol. The Labute approximate surface area is 220 Å². The highest BCUT2D eigenvalue weighted by molar-refractivity contribution is 6.64. The third kappa shape index (κ3) is 4.63. The van der Waals surface area contributed by atoms with Crippen LogP contribution in [0.3, 0.4) is 0 Å². The lowest BCUT2D eigenvalue weighted by molar-refractivity contribution is 0.00578. The Morgan fingerprint density at radius 2 is 1.53 bits per heavy atom. The maximum Gasteiger partial charge on any atom is 0.496 e. The van der Waals surface area contributed by atoms with Gasteiger partial charge in [-0.05, 0) is 89.2 Å². The zero-order valence-corrected chi connectivity index (χ0v) is 22.0. The quantitative estimate of drug-likeness (QED) is 0.188. The first-order valence-corrected chi connectivity index (χ1v) is 12.4. The fraction of sp³-hybridized carbons (Fsp3) is 0.276. The molecule has 5 rings (SSSR count). The molecule has 0 unspecified atom stereocenters. The molecule has 2 N–H and O–H groups in total. The van der Waals surface area contributed by atoms with Crippen LogP contribution in [0.5, 0.6) is 11.5 Å².